The molecule has 0 spiro atoms. The van der Waals surface area contributed by atoms with E-state index >= 15 is 0 Å². The first-order valence-corrected chi connectivity index (χ1v) is 7.51. The molecule has 18 heavy (non-hydrogen) atoms. The minimum absolute atomic E-state index is 0.0272. The first-order chi connectivity index (χ1) is 8.50. The molecule has 0 aliphatic heterocycles. The second kappa shape index (κ2) is 5.66. The summed E-state index contributed by atoms with van der Waals surface area (Å²) < 4.78 is 0.937. The highest BCUT2D eigenvalue weighted by Crippen LogP contribution is 2.36. The highest BCUT2D eigenvalue weighted by molar-refractivity contribution is 9.10. The topological polar surface area (TPSA) is 29.1 Å². The lowest BCUT2D eigenvalue weighted by Gasteiger charge is -2.23. The predicted molar refractivity (Wildman–Crippen MR) is 80.3 cm³/mol. The van der Waals surface area contributed by atoms with Crippen molar-refractivity contribution in [3.8, 4) is 0 Å². The summed E-state index contributed by atoms with van der Waals surface area (Å²) in [7, 11) is 0. The Balaban J connectivity index is 1.99. The molecule has 4 heteroatoms. The van der Waals surface area contributed by atoms with Crippen molar-refractivity contribution in [2.45, 2.75) is 37.5 Å². The average Bonchev–Trinajstić information content (AvgIpc) is 2.74. The number of benzene rings is 1. The summed E-state index contributed by atoms with van der Waals surface area (Å²) in [5.41, 5.74) is 0.921. The molecule has 0 aromatic heterocycles. The van der Waals surface area contributed by atoms with Gasteiger partial charge in [-0.1, -0.05) is 35.7 Å². The molecule has 0 atom stereocenters. The molecule has 98 valence electrons. The fourth-order valence-corrected chi connectivity index (χ4v) is 3.34. The Bertz CT molecular complexity index is 455. The molecule has 1 amide bonds. The molecule has 0 saturated heterocycles. The van der Waals surface area contributed by atoms with Gasteiger partial charge in [-0.2, -0.15) is 0 Å². The van der Waals surface area contributed by atoms with Crippen LogP contribution >= 0.6 is 28.6 Å². The van der Waals surface area contributed by atoms with Crippen LogP contribution in [0.25, 0.3) is 0 Å². The molecule has 1 aliphatic rings. The van der Waals surface area contributed by atoms with Crippen LogP contribution in [0.4, 0.5) is 0 Å². The summed E-state index contributed by atoms with van der Waals surface area (Å²) in [5, 5.41) is 3.04. The number of carbonyl (C=O) groups is 1. The number of thiol groups is 1. The van der Waals surface area contributed by atoms with Crippen LogP contribution < -0.4 is 5.32 Å². The monoisotopic (exact) mass is 327 g/mol. The lowest BCUT2D eigenvalue weighted by molar-refractivity contribution is 0.0931. The van der Waals surface area contributed by atoms with E-state index in [1.807, 2.05) is 12.1 Å². The van der Waals surface area contributed by atoms with Crippen LogP contribution in [-0.4, -0.2) is 12.5 Å². The number of hydrogen-bond acceptors (Lipinski definition) is 2. The quantitative estimate of drug-likeness (QED) is 0.806. The Morgan fingerprint density at radius 3 is 2.72 bits per heavy atom. The SMILES string of the molecule is CC1(CNC(=O)c2ccc(Br)cc2S)CCCC1. The molecule has 0 bridgehead atoms. The molecule has 0 radical (unpaired) electrons. The summed E-state index contributed by atoms with van der Waals surface area (Å²) in [6.07, 6.45) is 4.98. The van der Waals surface area contributed by atoms with E-state index in [0.29, 0.717) is 10.5 Å². The molecule has 1 fully saturated rings. The molecular weight excluding hydrogens is 310 g/mol. The molecule has 1 aromatic carbocycles. The molecule has 1 N–H and O–H groups in total. The van der Waals surface area contributed by atoms with Crippen molar-refractivity contribution in [1.82, 2.24) is 5.32 Å². The smallest absolute Gasteiger partial charge is 0.252 e. The van der Waals surface area contributed by atoms with Crippen LogP contribution in [0.15, 0.2) is 27.6 Å². The van der Waals surface area contributed by atoms with Crippen LogP contribution in [0.1, 0.15) is 43.0 Å². The zero-order valence-corrected chi connectivity index (χ0v) is 13.0. The van der Waals surface area contributed by atoms with E-state index in [2.05, 4.69) is 40.8 Å². The molecule has 2 nitrogen and oxygen atoms in total. The third-order valence-corrected chi connectivity index (χ3v) is 4.55. The zero-order chi connectivity index (χ0) is 13.2. The number of rotatable bonds is 3. The number of halogens is 1. The summed E-state index contributed by atoms with van der Waals surface area (Å²) in [5.74, 6) is -0.0272. The molecule has 0 unspecified atom stereocenters. The summed E-state index contributed by atoms with van der Waals surface area (Å²) >= 11 is 7.71. The van der Waals surface area contributed by atoms with Gasteiger partial charge in [0.05, 0.1) is 5.56 Å². The molecule has 2 rings (SSSR count). The predicted octanol–water partition coefficient (Wildman–Crippen LogP) is 4.05. The molecule has 1 aliphatic carbocycles. The minimum Gasteiger partial charge on any atom is -0.351 e. The maximum absolute atomic E-state index is 12.1. The molecule has 1 saturated carbocycles. The fraction of sp³-hybridized carbons (Fsp3) is 0.500. The van der Waals surface area contributed by atoms with Gasteiger partial charge in [0, 0.05) is 15.9 Å². The first-order valence-electron chi connectivity index (χ1n) is 6.27. The van der Waals surface area contributed by atoms with Gasteiger partial charge in [-0.3, -0.25) is 4.79 Å². The number of amides is 1. The third-order valence-electron chi connectivity index (χ3n) is 3.69. The van der Waals surface area contributed by atoms with Crippen molar-refractivity contribution in [3.63, 3.8) is 0 Å². The zero-order valence-electron chi connectivity index (χ0n) is 10.5. The molecule has 0 heterocycles. The Morgan fingerprint density at radius 1 is 1.44 bits per heavy atom. The summed E-state index contributed by atoms with van der Waals surface area (Å²) in [4.78, 5) is 12.8. The van der Waals surface area contributed by atoms with E-state index in [0.717, 1.165) is 11.0 Å². The van der Waals surface area contributed by atoms with E-state index in [1.54, 1.807) is 6.07 Å². The fourth-order valence-electron chi connectivity index (χ4n) is 2.49. The van der Waals surface area contributed by atoms with E-state index in [-0.39, 0.29) is 11.3 Å². The van der Waals surface area contributed by atoms with Gasteiger partial charge in [0.15, 0.2) is 0 Å². The van der Waals surface area contributed by atoms with Gasteiger partial charge in [-0.15, -0.1) is 12.6 Å². The van der Waals surface area contributed by atoms with Gasteiger partial charge < -0.3 is 5.32 Å². The molecule has 1 aromatic rings. The lowest BCUT2D eigenvalue weighted by Crippen LogP contribution is -2.34. The highest BCUT2D eigenvalue weighted by atomic mass is 79.9. The summed E-state index contributed by atoms with van der Waals surface area (Å²) in [6, 6.07) is 5.51. The van der Waals surface area contributed by atoms with Crippen molar-refractivity contribution in [3.05, 3.63) is 28.2 Å². The van der Waals surface area contributed by atoms with Crippen molar-refractivity contribution < 1.29 is 4.79 Å². The number of nitrogens with one attached hydrogen (secondary N) is 1. The lowest BCUT2D eigenvalue weighted by atomic mass is 9.89. The van der Waals surface area contributed by atoms with E-state index in [4.69, 9.17) is 0 Å². The normalized spacial score (nSPS) is 17.7. The van der Waals surface area contributed by atoms with E-state index in [1.165, 1.54) is 25.7 Å². The highest BCUT2D eigenvalue weighted by Gasteiger charge is 2.29. The second-order valence-electron chi connectivity index (χ2n) is 5.36. The van der Waals surface area contributed by atoms with Crippen molar-refractivity contribution in [2.75, 3.05) is 6.54 Å². The van der Waals surface area contributed by atoms with E-state index in [9.17, 15) is 4.79 Å². The van der Waals surface area contributed by atoms with Crippen LogP contribution in [-0.2, 0) is 0 Å². The maximum Gasteiger partial charge on any atom is 0.252 e. The Kier molecular flexibility index (Phi) is 4.38. The first kappa shape index (κ1) is 13.9. The average molecular weight is 328 g/mol. The van der Waals surface area contributed by atoms with Gasteiger partial charge in [0.1, 0.15) is 0 Å². The summed E-state index contributed by atoms with van der Waals surface area (Å²) in [6.45, 7) is 3.01. The van der Waals surface area contributed by atoms with Gasteiger partial charge in [-0.05, 0) is 36.5 Å². The second-order valence-corrected chi connectivity index (χ2v) is 6.76. The third kappa shape index (κ3) is 3.29. The van der Waals surface area contributed by atoms with Crippen molar-refractivity contribution in [1.29, 1.82) is 0 Å². The minimum atomic E-state index is -0.0272. The van der Waals surface area contributed by atoms with Crippen LogP contribution in [0.2, 0.25) is 0 Å². The Hall–Kier alpha value is -0.480. The molecular formula is C14H18BrNOS. The van der Waals surface area contributed by atoms with Gasteiger partial charge in [-0.25, -0.2) is 0 Å². The van der Waals surface area contributed by atoms with Gasteiger partial charge in [0.2, 0.25) is 0 Å². The van der Waals surface area contributed by atoms with Crippen molar-refractivity contribution >= 4 is 34.5 Å². The Morgan fingerprint density at radius 2 is 2.11 bits per heavy atom. The number of hydrogen-bond donors (Lipinski definition) is 2. The van der Waals surface area contributed by atoms with Gasteiger partial charge >= 0.3 is 0 Å². The standard InChI is InChI=1S/C14H18BrNOS/c1-14(6-2-3-7-14)9-16-13(17)11-5-4-10(15)8-12(11)18/h4-5,8,18H,2-3,6-7,9H2,1H3,(H,16,17). The van der Waals surface area contributed by atoms with Crippen LogP contribution in [0.5, 0.6) is 0 Å². The maximum atomic E-state index is 12.1. The Labute approximate surface area is 122 Å². The van der Waals surface area contributed by atoms with Crippen LogP contribution in [0, 0.1) is 5.41 Å². The largest absolute Gasteiger partial charge is 0.351 e. The van der Waals surface area contributed by atoms with Gasteiger partial charge in [0.25, 0.3) is 5.91 Å². The van der Waals surface area contributed by atoms with E-state index < -0.39 is 0 Å². The van der Waals surface area contributed by atoms with Crippen molar-refractivity contribution in [2.24, 2.45) is 5.41 Å². The number of carbonyl (C=O) groups excluding carboxylic acids is 1. The van der Waals surface area contributed by atoms with Crippen LogP contribution in [0.3, 0.4) is 0 Å².